The van der Waals surface area contributed by atoms with Gasteiger partial charge in [0.15, 0.2) is 0 Å². The molecule has 0 bridgehead atoms. The Morgan fingerprint density at radius 2 is 1.91 bits per heavy atom. The van der Waals surface area contributed by atoms with Crippen molar-refractivity contribution in [1.29, 1.82) is 0 Å². The Balaban J connectivity index is 2.34. The number of benzene rings is 2. The maximum absolute atomic E-state index is 10.9. The molecule has 23 heavy (non-hydrogen) atoms. The Morgan fingerprint density at radius 1 is 1.22 bits per heavy atom. The molecule has 2 rings (SSSR count). The molecule has 2 aromatic carbocycles. The van der Waals surface area contributed by atoms with E-state index in [2.05, 4.69) is 0 Å². The predicted octanol–water partition coefficient (Wildman–Crippen LogP) is 4.22. The number of nitro groups is 1. The first-order chi connectivity index (χ1) is 11.0. The average Bonchev–Trinajstić information content (AvgIpc) is 2.55. The number of hydrogen-bond acceptors (Lipinski definition) is 4. The van der Waals surface area contributed by atoms with E-state index in [1.54, 1.807) is 13.2 Å². The second-order valence-corrected chi connectivity index (χ2v) is 5.18. The molecule has 120 valence electrons. The van der Waals surface area contributed by atoms with Gasteiger partial charge in [0.05, 0.1) is 12.0 Å². The molecule has 5 nitrogen and oxygen atoms in total. The molecular formula is C18H19NO4. The van der Waals surface area contributed by atoms with Gasteiger partial charge in [-0.1, -0.05) is 30.3 Å². The van der Waals surface area contributed by atoms with E-state index in [1.165, 1.54) is 13.0 Å². The molecular weight excluding hydrogens is 294 g/mol. The lowest BCUT2D eigenvalue weighted by Gasteiger charge is -2.13. The first-order valence-electron chi connectivity index (χ1n) is 7.19. The summed E-state index contributed by atoms with van der Waals surface area (Å²) in [5, 5.41) is 10.9. The molecule has 0 amide bonds. The molecule has 0 spiro atoms. The Labute approximate surface area is 135 Å². The third-order valence-corrected chi connectivity index (χ3v) is 3.42. The molecule has 0 aliphatic rings. The lowest BCUT2D eigenvalue weighted by Crippen LogP contribution is -2.00. The van der Waals surface area contributed by atoms with Crippen molar-refractivity contribution in [1.82, 2.24) is 0 Å². The summed E-state index contributed by atoms with van der Waals surface area (Å²) in [5.41, 5.74) is 2.60. The number of aryl methyl sites for hydroxylation is 1. The van der Waals surface area contributed by atoms with Crippen molar-refractivity contribution in [3.63, 3.8) is 0 Å². The zero-order valence-corrected chi connectivity index (χ0v) is 13.4. The minimum Gasteiger partial charge on any atom is -0.496 e. The number of methoxy groups -OCH3 is 1. The fourth-order valence-corrected chi connectivity index (χ4v) is 2.15. The highest BCUT2D eigenvalue weighted by atomic mass is 16.6. The lowest BCUT2D eigenvalue weighted by atomic mass is 10.1. The Bertz CT molecular complexity index is 723. The van der Waals surface area contributed by atoms with Crippen LogP contribution in [0.4, 0.5) is 0 Å². The number of nitrogens with zero attached hydrogens (tertiary/aromatic N) is 1. The van der Waals surface area contributed by atoms with Crippen LogP contribution in [0, 0.1) is 17.0 Å². The summed E-state index contributed by atoms with van der Waals surface area (Å²) in [5.74, 6) is 1.26. The molecule has 0 aromatic heterocycles. The maximum Gasteiger partial charge on any atom is 0.243 e. The van der Waals surface area contributed by atoms with Crippen molar-refractivity contribution in [3.8, 4) is 11.5 Å². The van der Waals surface area contributed by atoms with E-state index < -0.39 is 4.92 Å². The molecule has 0 aliphatic carbocycles. The van der Waals surface area contributed by atoms with Gasteiger partial charge in [-0.3, -0.25) is 10.1 Å². The van der Waals surface area contributed by atoms with E-state index in [4.69, 9.17) is 9.47 Å². The van der Waals surface area contributed by atoms with Crippen LogP contribution < -0.4 is 9.47 Å². The van der Waals surface area contributed by atoms with Crippen molar-refractivity contribution in [2.45, 2.75) is 20.5 Å². The maximum atomic E-state index is 10.9. The summed E-state index contributed by atoms with van der Waals surface area (Å²) in [4.78, 5) is 10.5. The number of hydrogen-bond donors (Lipinski definition) is 0. The van der Waals surface area contributed by atoms with Gasteiger partial charge < -0.3 is 9.47 Å². The van der Waals surface area contributed by atoms with Crippen molar-refractivity contribution in [3.05, 3.63) is 75.0 Å². The van der Waals surface area contributed by atoms with Gasteiger partial charge in [0.1, 0.15) is 18.1 Å². The van der Waals surface area contributed by atoms with E-state index in [9.17, 15) is 10.1 Å². The SMILES string of the molecule is COc1cc(/C=C(\C)[N+](=O)[O-])c(OCc2ccccc2)cc1C. The third-order valence-electron chi connectivity index (χ3n) is 3.42. The molecule has 0 aliphatic heterocycles. The zero-order chi connectivity index (χ0) is 16.8. The summed E-state index contributed by atoms with van der Waals surface area (Å²) in [6.07, 6.45) is 1.49. The monoisotopic (exact) mass is 313 g/mol. The van der Waals surface area contributed by atoms with Crippen molar-refractivity contribution in [2.24, 2.45) is 0 Å². The minimum absolute atomic E-state index is 0.0421. The van der Waals surface area contributed by atoms with E-state index >= 15 is 0 Å². The second kappa shape index (κ2) is 7.45. The highest BCUT2D eigenvalue weighted by Gasteiger charge is 2.11. The van der Waals surface area contributed by atoms with Gasteiger partial charge in [0, 0.05) is 18.6 Å². The van der Waals surface area contributed by atoms with Crippen LogP contribution in [0.3, 0.4) is 0 Å². The molecule has 0 heterocycles. The quantitative estimate of drug-likeness (QED) is 0.591. The van der Waals surface area contributed by atoms with Crippen molar-refractivity contribution >= 4 is 6.08 Å². The molecule has 0 fully saturated rings. The third kappa shape index (κ3) is 4.32. The number of ether oxygens (including phenoxy) is 2. The highest BCUT2D eigenvalue weighted by molar-refractivity contribution is 5.62. The van der Waals surface area contributed by atoms with Crippen molar-refractivity contribution < 1.29 is 14.4 Å². The van der Waals surface area contributed by atoms with Crippen LogP contribution in [0.2, 0.25) is 0 Å². The highest BCUT2D eigenvalue weighted by Crippen LogP contribution is 2.30. The molecule has 0 unspecified atom stereocenters. The van der Waals surface area contributed by atoms with Gasteiger partial charge in [-0.2, -0.15) is 0 Å². The van der Waals surface area contributed by atoms with Crippen LogP contribution in [-0.4, -0.2) is 12.0 Å². The molecule has 2 aromatic rings. The molecule has 0 radical (unpaired) electrons. The van der Waals surface area contributed by atoms with Crippen LogP contribution in [0.25, 0.3) is 6.08 Å². The van der Waals surface area contributed by atoms with E-state index in [0.29, 0.717) is 23.7 Å². The molecule has 5 heteroatoms. The van der Waals surface area contributed by atoms with E-state index in [1.807, 2.05) is 43.3 Å². The molecule has 0 N–H and O–H groups in total. The normalized spacial score (nSPS) is 11.2. The van der Waals surface area contributed by atoms with Gasteiger partial charge in [-0.05, 0) is 30.2 Å². The smallest absolute Gasteiger partial charge is 0.243 e. The molecule has 0 atom stereocenters. The van der Waals surface area contributed by atoms with Crippen LogP contribution in [0.1, 0.15) is 23.6 Å². The lowest BCUT2D eigenvalue weighted by molar-refractivity contribution is -0.422. The summed E-state index contributed by atoms with van der Waals surface area (Å²) < 4.78 is 11.2. The minimum atomic E-state index is -0.423. The van der Waals surface area contributed by atoms with Gasteiger partial charge in [0.25, 0.3) is 0 Å². The Kier molecular flexibility index (Phi) is 5.36. The summed E-state index contributed by atoms with van der Waals surface area (Å²) in [6.45, 7) is 3.75. The first kappa shape index (κ1) is 16.5. The zero-order valence-electron chi connectivity index (χ0n) is 13.4. The van der Waals surface area contributed by atoms with Gasteiger partial charge >= 0.3 is 0 Å². The summed E-state index contributed by atoms with van der Waals surface area (Å²) in [7, 11) is 1.57. The van der Waals surface area contributed by atoms with Crippen LogP contribution in [0.5, 0.6) is 11.5 Å². The van der Waals surface area contributed by atoms with E-state index in [-0.39, 0.29) is 5.70 Å². The summed E-state index contributed by atoms with van der Waals surface area (Å²) in [6, 6.07) is 13.3. The van der Waals surface area contributed by atoms with Crippen LogP contribution >= 0.6 is 0 Å². The van der Waals surface area contributed by atoms with Crippen molar-refractivity contribution in [2.75, 3.05) is 7.11 Å². The molecule has 0 saturated heterocycles. The van der Waals surface area contributed by atoms with Gasteiger partial charge in [-0.25, -0.2) is 0 Å². The Morgan fingerprint density at radius 3 is 2.52 bits per heavy atom. The Hall–Kier alpha value is -2.82. The van der Waals surface area contributed by atoms with E-state index in [0.717, 1.165) is 11.1 Å². The van der Waals surface area contributed by atoms with Gasteiger partial charge in [0.2, 0.25) is 5.70 Å². The first-order valence-corrected chi connectivity index (χ1v) is 7.19. The second-order valence-electron chi connectivity index (χ2n) is 5.18. The average molecular weight is 313 g/mol. The van der Waals surface area contributed by atoms with Gasteiger partial charge in [-0.15, -0.1) is 0 Å². The fourth-order valence-electron chi connectivity index (χ4n) is 2.15. The van der Waals surface area contributed by atoms with Crippen LogP contribution in [-0.2, 0) is 6.61 Å². The summed E-state index contributed by atoms with van der Waals surface area (Å²) >= 11 is 0. The standard InChI is InChI=1S/C18H19NO4/c1-13-9-18(23-12-15-7-5-4-6-8-15)16(11-17(13)22-3)10-14(2)19(20)21/h4-11H,12H2,1-3H3/b14-10+. The largest absolute Gasteiger partial charge is 0.496 e. The fraction of sp³-hybridized carbons (Fsp3) is 0.222. The number of allylic oxidation sites excluding steroid dienone is 1. The molecule has 0 saturated carbocycles. The number of rotatable bonds is 6. The van der Waals surface area contributed by atoms with Crippen LogP contribution in [0.15, 0.2) is 48.2 Å². The predicted molar refractivity (Wildman–Crippen MR) is 89.2 cm³/mol. The topological polar surface area (TPSA) is 61.6 Å².